The van der Waals surface area contributed by atoms with Crippen molar-refractivity contribution in [1.29, 1.82) is 0 Å². The summed E-state index contributed by atoms with van der Waals surface area (Å²) in [5.41, 5.74) is 2.10. The molecule has 1 heterocycles. The van der Waals surface area contributed by atoms with Crippen LogP contribution in [-0.2, 0) is 4.79 Å². The zero-order chi connectivity index (χ0) is 38.2. The van der Waals surface area contributed by atoms with Gasteiger partial charge in [-0.3, -0.25) is 9.59 Å². The maximum Gasteiger partial charge on any atom is 0.303 e. The zero-order valence-electron chi connectivity index (χ0n) is 32.8. The highest BCUT2D eigenvalue weighted by atomic mass is 32.1. The molecule has 0 bridgehead atoms. The molecular weight excluding hydrogens is 685 g/mol. The maximum atomic E-state index is 13.0. The molecule has 1 aromatic heterocycles. The van der Waals surface area contributed by atoms with Crippen molar-refractivity contribution in [3.8, 4) is 0 Å². The van der Waals surface area contributed by atoms with Crippen molar-refractivity contribution in [3.63, 3.8) is 0 Å². The molecule has 5 N–H and O–H groups in total. The number of nitrogens with one attached hydrogen (secondary N) is 1. The number of anilines is 1. The lowest BCUT2D eigenvalue weighted by Crippen LogP contribution is -2.62. The number of carboxylic acid groups (broad SMARTS) is 1. The summed E-state index contributed by atoms with van der Waals surface area (Å²) in [4.78, 5) is 26.5. The number of nitrogens with zero attached hydrogens (tertiary/aromatic N) is 1. The number of fused-ring (bicyclic) bond motifs is 7. The molecule has 0 radical (unpaired) electrons. The molecule has 2 aromatic carbocycles. The van der Waals surface area contributed by atoms with Crippen LogP contribution in [0.4, 0.5) is 5.69 Å². The van der Waals surface area contributed by atoms with Crippen LogP contribution >= 0.6 is 11.3 Å². The van der Waals surface area contributed by atoms with Crippen molar-refractivity contribution >= 4 is 43.2 Å². The third kappa shape index (κ3) is 7.54. The first-order chi connectivity index (χ1) is 25.2. The van der Waals surface area contributed by atoms with Gasteiger partial charge < -0.3 is 30.6 Å². The second kappa shape index (κ2) is 16.3. The van der Waals surface area contributed by atoms with Crippen LogP contribution in [0.2, 0.25) is 0 Å². The van der Waals surface area contributed by atoms with Gasteiger partial charge in [-0.25, -0.2) is 0 Å². The predicted octanol–water partition coefficient (Wildman–Crippen LogP) is 7.93. The minimum absolute atomic E-state index is 0.0957. The van der Waals surface area contributed by atoms with Crippen LogP contribution in [0, 0.1) is 53.3 Å². The van der Waals surface area contributed by atoms with Crippen molar-refractivity contribution in [1.82, 2.24) is 4.90 Å². The van der Waals surface area contributed by atoms with E-state index in [0.29, 0.717) is 30.1 Å². The fourth-order valence-corrected chi connectivity index (χ4v) is 12.9. The first-order valence-corrected chi connectivity index (χ1v) is 21.2. The average molecular weight is 749 g/mol. The molecule has 0 spiro atoms. The van der Waals surface area contributed by atoms with E-state index in [9.17, 15) is 24.9 Å². The Balaban J connectivity index is 0.000000185. The monoisotopic (exact) mass is 748 g/mol. The summed E-state index contributed by atoms with van der Waals surface area (Å²) in [6.07, 6.45) is 6.00. The average Bonchev–Trinajstić information content (AvgIpc) is 3.50. The molecule has 292 valence electrons. The molecule has 0 aliphatic heterocycles. The minimum atomic E-state index is -0.748. The number of hydrogen-bond acceptors (Lipinski definition) is 8. The maximum absolute atomic E-state index is 13.0. The third-order valence-corrected chi connectivity index (χ3v) is 16.2. The molecule has 4 aliphatic rings. The molecule has 0 saturated heterocycles. The summed E-state index contributed by atoms with van der Waals surface area (Å²) >= 11 is 1.70. The van der Waals surface area contributed by atoms with Gasteiger partial charge in [0, 0.05) is 40.0 Å². The summed E-state index contributed by atoms with van der Waals surface area (Å²) in [5, 5.41) is 47.2. The summed E-state index contributed by atoms with van der Waals surface area (Å²) < 4.78 is 2.14. The lowest BCUT2D eigenvalue weighted by molar-refractivity contribution is -0.207. The Morgan fingerprint density at radius 1 is 1.00 bits per heavy atom. The molecule has 7 rings (SSSR count). The highest BCUT2D eigenvalue weighted by Crippen LogP contribution is 2.68. The first kappa shape index (κ1) is 40.1. The van der Waals surface area contributed by atoms with Crippen molar-refractivity contribution < 1.29 is 25.2 Å². The highest BCUT2D eigenvalue weighted by molar-refractivity contribution is 7.24. The van der Waals surface area contributed by atoms with Crippen molar-refractivity contribution in [2.75, 3.05) is 31.5 Å². The van der Waals surface area contributed by atoms with Crippen molar-refractivity contribution in [2.24, 2.45) is 46.3 Å². The van der Waals surface area contributed by atoms with E-state index in [1.54, 1.807) is 11.3 Å². The topological polar surface area (TPSA) is 130 Å². The molecule has 4 fully saturated rings. The number of carboxylic acids is 1. The van der Waals surface area contributed by atoms with Crippen LogP contribution in [0.3, 0.4) is 0 Å². The number of carbonyl (C=O) groups is 1. The Kier molecular flexibility index (Phi) is 12.3. The molecule has 4 saturated carbocycles. The number of benzene rings is 2. The summed E-state index contributed by atoms with van der Waals surface area (Å²) in [6, 6.07) is 12.0. The fourth-order valence-electron chi connectivity index (χ4n) is 11.8. The molecule has 3 aromatic rings. The van der Waals surface area contributed by atoms with E-state index in [0.717, 1.165) is 103 Å². The van der Waals surface area contributed by atoms with Crippen molar-refractivity contribution in [2.45, 2.75) is 118 Å². The largest absolute Gasteiger partial charge is 0.481 e. The Morgan fingerprint density at radius 3 is 2.45 bits per heavy atom. The van der Waals surface area contributed by atoms with Gasteiger partial charge >= 0.3 is 5.97 Å². The van der Waals surface area contributed by atoms with E-state index in [1.807, 2.05) is 30.3 Å². The molecule has 0 amide bonds. The van der Waals surface area contributed by atoms with E-state index in [1.165, 1.54) is 0 Å². The normalized spacial score (nSPS) is 34.2. The number of aliphatic carboxylic acids is 1. The van der Waals surface area contributed by atoms with Crippen LogP contribution in [0.1, 0.15) is 98.0 Å². The van der Waals surface area contributed by atoms with Crippen LogP contribution in [0.5, 0.6) is 0 Å². The van der Waals surface area contributed by atoms with Gasteiger partial charge in [0.15, 0.2) is 5.43 Å². The molecule has 8 nitrogen and oxygen atoms in total. The van der Waals surface area contributed by atoms with Crippen LogP contribution in [-0.4, -0.2) is 75.8 Å². The number of likely N-dealkylation sites (N-methyl/N-ethyl adjacent to an activating group) is 1. The number of rotatable bonds is 10. The Hall–Kier alpha value is -2.56. The number of aliphatic hydroxyl groups excluding tert-OH is 3. The summed E-state index contributed by atoms with van der Waals surface area (Å²) in [6.45, 7) is 17.1. The van der Waals surface area contributed by atoms with E-state index in [4.69, 9.17) is 5.11 Å². The molecule has 11 unspecified atom stereocenters. The van der Waals surface area contributed by atoms with Crippen LogP contribution in [0.25, 0.3) is 20.2 Å². The number of aryl methyl sites for hydroxylation is 1. The van der Waals surface area contributed by atoms with Gasteiger partial charge in [0.1, 0.15) is 0 Å². The fraction of sp³-hybridized carbons (Fsp3) is 0.682. The quantitative estimate of drug-likeness (QED) is 0.132. The lowest BCUT2D eigenvalue weighted by Gasteiger charge is -2.63. The van der Waals surface area contributed by atoms with Crippen LogP contribution < -0.4 is 10.7 Å². The van der Waals surface area contributed by atoms with E-state index in [2.05, 4.69) is 57.8 Å². The standard InChI is InChI=1S/C24H40O5.C20H24N2OS/c1-13(4-7-21(28)29)16-5-6-17-22-18(12-20(27)24(16,17)3)23(2)9-8-15(25)10-14(23)11-19(22)26;1-4-22(5-2)13-12-21-16-11-10-14(3)20-18(16)19(23)15-8-6-7-9-17(15)24-20/h13-20,22,25-27H,4-12H2,1-3H3,(H,28,29);6-11,21H,4-5,12-13H2,1-3H3. The molecule has 53 heavy (non-hydrogen) atoms. The van der Waals surface area contributed by atoms with Gasteiger partial charge in [-0.15, -0.1) is 11.3 Å². The number of hydrogen-bond donors (Lipinski definition) is 5. The Bertz CT molecular complexity index is 1810. The van der Waals surface area contributed by atoms with E-state index < -0.39 is 12.1 Å². The second-order valence-electron chi connectivity index (χ2n) is 17.5. The SMILES string of the molecule is CC(CCC(=O)O)C1CCC2C3C(O)CC4CC(O)CCC4(C)C3CC(O)C12C.CCN(CC)CCNc1ccc(C)c2sc3ccccc3c(=O)c12. The predicted molar refractivity (Wildman–Crippen MR) is 217 cm³/mol. The first-order valence-electron chi connectivity index (χ1n) is 20.4. The number of aliphatic hydroxyl groups is 3. The summed E-state index contributed by atoms with van der Waals surface area (Å²) in [5.74, 6) is 0.997. The minimum Gasteiger partial charge on any atom is -0.481 e. The van der Waals surface area contributed by atoms with Gasteiger partial charge in [-0.1, -0.05) is 52.8 Å². The second-order valence-corrected chi connectivity index (χ2v) is 18.5. The van der Waals surface area contributed by atoms with Gasteiger partial charge in [-0.2, -0.15) is 0 Å². The van der Waals surface area contributed by atoms with Gasteiger partial charge in [0.05, 0.1) is 23.7 Å². The van der Waals surface area contributed by atoms with Gasteiger partial charge in [0.25, 0.3) is 0 Å². The van der Waals surface area contributed by atoms with Gasteiger partial charge in [0.2, 0.25) is 0 Å². The lowest BCUT2D eigenvalue weighted by atomic mass is 9.43. The molecule has 9 heteroatoms. The third-order valence-electron chi connectivity index (χ3n) is 14.9. The molecular formula is C44H64N2O6S. The highest BCUT2D eigenvalue weighted by Gasteiger charge is 2.65. The van der Waals surface area contributed by atoms with E-state index >= 15 is 0 Å². The smallest absolute Gasteiger partial charge is 0.303 e. The van der Waals surface area contributed by atoms with Crippen molar-refractivity contribution in [3.05, 3.63) is 52.2 Å². The molecule has 11 atom stereocenters. The zero-order valence-corrected chi connectivity index (χ0v) is 33.6. The van der Waals surface area contributed by atoms with Gasteiger partial charge in [-0.05, 0) is 141 Å². The Morgan fingerprint density at radius 2 is 1.74 bits per heavy atom. The molecule has 4 aliphatic carbocycles. The Labute approximate surface area is 320 Å². The van der Waals surface area contributed by atoms with E-state index in [-0.39, 0.29) is 46.7 Å². The summed E-state index contributed by atoms with van der Waals surface area (Å²) in [7, 11) is 0. The van der Waals surface area contributed by atoms with Crippen LogP contribution in [0.15, 0.2) is 41.2 Å².